The third-order valence-corrected chi connectivity index (χ3v) is 5.41. The van der Waals surface area contributed by atoms with E-state index in [9.17, 15) is 18.8 Å². The van der Waals surface area contributed by atoms with E-state index in [1.54, 1.807) is 19.2 Å². The number of methoxy groups -OCH3 is 1. The summed E-state index contributed by atoms with van der Waals surface area (Å²) < 4.78 is 18.9. The third kappa shape index (κ3) is 5.48. The summed E-state index contributed by atoms with van der Waals surface area (Å²) in [4.78, 5) is 37.9. The van der Waals surface area contributed by atoms with Crippen LogP contribution >= 0.6 is 11.8 Å². The molecule has 0 unspecified atom stereocenters. The molecule has 0 spiro atoms. The molecule has 1 fully saturated rings. The lowest BCUT2D eigenvalue weighted by Crippen LogP contribution is -2.37. The lowest BCUT2D eigenvalue weighted by atomic mass is 10.1. The maximum atomic E-state index is 13.8. The van der Waals surface area contributed by atoms with E-state index >= 15 is 0 Å². The normalized spacial score (nSPS) is 15.0. The van der Waals surface area contributed by atoms with Gasteiger partial charge in [0, 0.05) is 25.1 Å². The van der Waals surface area contributed by atoms with Crippen molar-refractivity contribution in [3.05, 3.63) is 70.4 Å². The van der Waals surface area contributed by atoms with E-state index in [0.29, 0.717) is 6.42 Å². The Kier molecular flexibility index (Phi) is 7.24. The number of nitrogens with zero attached hydrogens (tertiary/aromatic N) is 1. The number of carbonyl (C=O) groups excluding carboxylic acids is 3. The van der Waals surface area contributed by atoms with E-state index in [1.165, 1.54) is 18.2 Å². The van der Waals surface area contributed by atoms with Crippen LogP contribution in [0.1, 0.15) is 17.5 Å². The van der Waals surface area contributed by atoms with Crippen molar-refractivity contribution in [1.29, 1.82) is 0 Å². The fraction of sp³-hybridized carbons (Fsp3) is 0.227. The Hall–Kier alpha value is -3.13. The summed E-state index contributed by atoms with van der Waals surface area (Å²) in [6.07, 6.45) is 2.20. The number of amides is 3. The summed E-state index contributed by atoms with van der Waals surface area (Å²) in [5.41, 5.74) is 1.22. The van der Waals surface area contributed by atoms with Gasteiger partial charge in [0.05, 0.1) is 12.0 Å². The smallest absolute Gasteiger partial charge is 0.293 e. The number of benzene rings is 2. The van der Waals surface area contributed by atoms with Gasteiger partial charge in [0.25, 0.3) is 11.1 Å². The van der Waals surface area contributed by atoms with E-state index < -0.39 is 17.0 Å². The number of ether oxygens (including phenoxy) is 1. The monoisotopic (exact) mass is 428 g/mol. The zero-order chi connectivity index (χ0) is 21.5. The molecule has 0 bridgehead atoms. The van der Waals surface area contributed by atoms with Gasteiger partial charge in [-0.15, -0.1) is 0 Å². The van der Waals surface area contributed by atoms with Crippen molar-refractivity contribution in [2.45, 2.75) is 12.8 Å². The second-order valence-corrected chi connectivity index (χ2v) is 7.55. The first-order valence-corrected chi connectivity index (χ1v) is 10.2. The number of hydrogen-bond acceptors (Lipinski definition) is 5. The number of aryl methyl sites for hydroxylation is 1. The fourth-order valence-corrected chi connectivity index (χ4v) is 3.76. The maximum absolute atomic E-state index is 13.8. The van der Waals surface area contributed by atoms with Crippen molar-refractivity contribution in [3.8, 4) is 5.75 Å². The molecule has 8 heteroatoms. The van der Waals surface area contributed by atoms with Gasteiger partial charge >= 0.3 is 0 Å². The molecule has 0 aromatic heterocycles. The Balaban J connectivity index is 1.48. The average molecular weight is 428 g/mol. The van der Waals surface area contributed by atoms with Crippen LogP contribution in [0.2, 0.25) is 0 Å². The molecule has 156 valence electrons. The highest BCUT2D eigenvalue weighted by Gasteiger charge is 2.34. The molecule has 30 heavy (non-hydrogen) atoms. The third-order valence-electron chi connectivity index (χ3n) is 4.50. The summed E-state index contributed by atoms with van der Waals surface area (Å²) >= 11 is 0.762. The van der Waals surface area contributed by atoms with Gasteiger partial charge in [0.15, 0.2) is 0 Å². The summed E-state index contributed by atoms with van der Waals surface area (Å²) in [6, 6.07) is 13.5. The molecule has 0 saturated carbocycles. The van der Waals surface area contributed by atoms with Gasteiger partial charge < -0.3 is 10.1 Å². The minimum Gasteiger partial charge on any atom is -0.497 e. The first kappa shape index (κ1) is 21.6. The number of halogens is 1. The van der Waals surface area contributed by atoms with Gasteiger partial charge in [0.1, 0.15) is 11.6 Å². The zero-order valence-electron chi connectivity index (χ0n) is 16.4. The number of nitrogens with one attached hydrogen (secondary N) is 1. The quantitative estimate of drug-likeness (QED) is 0.650. The minimum atomic E-state index is -0.487. The molecule has 1 saturated heterocycles. The van der Waals surface area contributed by atoms with Gasteiger partial charge in [0.2, 0.25) is 5.91 Å². The average Bonchev–Trinajstić information content (AvgIpc) is 3.01. The van der Waals surface area contributed by atoms with Crippen LogP contribution in [-0.4, -0.2) is 42.2 Å². The number of thioether (sulfide) groups is 1. The second kappa shape index (κ2) is 10.1. The summed E-state index contributed by atoms with van der Waals surface area (Å²) in [6.45, 7) is 0.214. The van der Waals surface area contributed by atoms with Gasteiger partial charge in [-0.3, -0.25) is 19.3 Å². The molecular weight excluding hydrogens is 407 g/mol. The van der Waals surface area contributed by atoms with Crippen molar-refractivity contribution in [1.82, 2.24) is 10.2 Å². The molecule has 6 nitrogen and oxygen atoms in total. The van der Waals surface area contributed by atoms with E-state index in [-0.39, 0.29) is 35.9 Å². The first-order chi connectivity index (χ1) is 14.5. The molecule has 0 aliphatic carbocycles. The topological polar surface area (TPSA) is 75.7 Å². The molecule has 1 aliphatic rings. The molecule has 1 heterocycles. The second-order valence-electron chi connectivity index (χ2n) is 6.56. The van der Waals surface area contributed by atoms with E-state index in [0.717, 1.165) is 28.0 Å². The van der Waals surface area contributed by atoms with Crippen LogP contribution in [-0.2, 0) is 16.0 Å². The van der Waals surface area contributed by atoms with Crippen molar-refractivity contribution < 1.29 is 23.5 Å². The van der Waals surface area contributed by atoms with Crippen molar-refractivity contribution in [2.24, 2.45) is 0 Å². The molecule has 3 rings (SSSR count). The summed E-state index contributed by atoms with van der Waals surface area (Å²) in [5.74, 6) is -0.395. The SMILES string of the molecule is COc1cccc(CCC(=O)NCCN2C(=O)S/C(=C\c3ccccc3F)C2=O)c1. The molecular formula is C22H21FN2O4S. The molecule has 1 aliphatic heterocycles. The van der Waals surface area contributed by atoms with E-state index in [1.807, 2.05) is 24.3 Å². The van der Waals surface area contributed by atoms with Gasteiger partial charge in [-0.05, 0) is 48.0 Å². The standard InChI is InChI=1S/C22H21FN2O4S/c1-29-17-7-4-5-15(13-17)9-10-20(26)24-11-12-25-21(27)19(30-22(25)28)14-16-6-2-3-8-18(16)23/h2-8,13-14H,9-12H2,1H3,(H,24,26)/b19-14-. The van der Waals surface area contributed by atoms with Crippen LogP contribution in [0.4, 0.5) is 9.18 Å². The van der Waals surface area contributed by atoms with Crippen LogP contribution in [0.5, 0.6) is 5.75 Å². The Morgan fingerprint density at radius 1 is 1.20 bits per heavy atom. The highest BCUT2D eigenvalue weighted by Crippen LogP contribution is 2.32. The number of imide groups is 1. The highest BCUT2D eigenvalue weighted by atomic mass is 32.2. The van der Waals surface area contributed by atoms with Crippen molar-refractivity contribution in [2.75, 3.05) is 20.2 Å². The number of rotatable bonds is 8. The molecule has 0 atom stereocenters. The zero-order valence-corrected chi connectivity index (χ0v) is 17.2. The fourth-order valence-electron chi connectivity index (χ4n) is 2.91. The Bertz CT molecular complexity index is 993. The Labute approximate surface area is 178 Å². The van der Waals surface area contributed by atoms with Crippen LogP contribution < -0.4 is 10.1 Å². The predicted octanol–water partition coefficient (Wildman–Crippen LogP) is 3.62. The van der Waals surface area contributed by atoms with Crippen LogP contribution in [0.3, 0.4) is 0 Å². The Morgan fingerprint density at radius 2 is 2.00 bits per heavy atom. The predicted molar refractivity (Wildman–Crippen MR) is 113 cm³/mol. The van der Waals surface area contributed by atoms with Crippen LogP contribution in [0, 0.1) is 5.82 Å². The maximum Gasteiger partial charge on any atom is 0.293 e. The van der Waals surface area contributed by atoms with E-state index in [4.69, 9.17) is 4.74 Å². The molecule has 1 N–H and O–H groups in total. The van der Waals surface area contributed by atoms with Crippen molar-refractivity contribution in [3.63, 3.8) is 0 Å². The highest BCUT2D eigenvalue weighted by molar-refractivity contribution is 8.18. The summed E-state index contributed by atoms with van der Waals surface area (Å²) in [7, 11) is 1.59. The van der Waals surface area contributed by atoms with Crippen LogP contribution in [0.25, 0.3) is 6.08 Å². The molecule has 3 amide bonds. The minimum absolute atomic E-state index is 0.0597. The molecule has 2 aromatic carbocycles. The van der Waals surface area contributed by atoms with E-state index in [2.05, 4.69) is 5.32 Å². The summed E-state index contributed by atoms with van der Waals surface area (Å²) in [5, 5.41) is 2.28. The Morgan fingerprint density at radius 3 is 2.77 bits per heavy atom. The first-order valence-electron chi connectivity index (χ1n) is 9.37. The number of hydrogen-bond donors (Lipinski definition) is 1. The van der Waals surface area contributed by atoms with Gasteiger partial charge in [-0.25, -0.2) is 4.39 Å². The van der Waals surface area contributed by atoms with Crippen molar-refractivity contribution >= 4 is 34.9 Å². The molecule has 0 radical (unpaired) electrons. The van der Waals surface area contributed by atoms with Gasteiger partial charge in [-0.2, -0.15) is 0 Å². The van der Waals surface area contributed by atoms with Gasteiger partial charge in [-0.1, -0.05) is 30.3 Å². The number of carbonyl (C=O) groups is 3. The largest absolute Gasteiger partial charge is 0.497 e. The lowest BCUT2D eigenvalue weighted by molar-refractivity contribution is -0.124. The molecule has 2 aromatic rings. The lowest BCUT2D eigenvalue weighted by Gasteiger charge is -2.13. The van der Waals surface area contributed by atoms with Crippen LogP contribution in [0.15, 0.2) is 53.4 Å².